The molecule has 0 bridgehead atoms. The minimum absolute atomic E-state index is 0.0474. The second-order valence-corrected chi connectivity index (χ2v) is 28.3. The van der Waals surface area contributed by atoms with E-state index in [1.54, 1.807) is 13.8 Å². The number of carbonyl (C=O) groups excluding carboxylic acids is 4. The van der Waals surface area contributed by atoms with E-state index in [2.05, 4.69) is 0 Å². The van der Waals surface area contributed by atoms with Gasteiger partial charge in [0.25, 0.3) is 12.9 Å². The largest absolute Gasteiger partial charge is 0.481 e. The van der Waals surface area contributed by atoms with Crippen LogP contribution in [0.5, 0.6) is 0 Å². The number of carbonyl (C=O) groups is 6. The number of ether oxygens (including phenoxy) is 3. The van der Waals surface area contributed by atoms with Crippen LogP contribution in [0.25, 0.3) is 0 Å². The summed E-state index contributed by atoms with van der Waals surface area (Å²) in [5, 5.41) is 18.5. The lowest BCUT2D eigenvalue weighted by Gasteiger charge is -2.27. The number of esters is 1. The molecule has 19 nitrogen and oxygen atoms in total. The van der Waals surface area contributed by atoms with Crippen LogP contribution in [-0.4, -0.2) is 130 Å². The topological polar surface area (TPSA) is 264 Å². The molecule has 73 heavy (non-hydrogen) atoms. The van der Waals surface area contributed by atoms with Gasteiger partial charge in [-0.05, 0) is 61.2 Å². The maximum absolute atomic E-state index is 12.8. The molecule has 1 amide bonds. The molecule has 2 N–H and O–H groups in total. The van der Waals surface area contributed by atoms with Gasteiger partial charge in [-0.3, -0.25) is 33.0 Å². The molecule has 3 heterocycles. The molecule has 3 rings (SSSR count). The molecule has 11 atom stereocenters. The molecule has 0 aromatic carbocycles. The van der Waals surface area contributed by atoms with E-state index in [-0.39, 0.29) is 78.7 Å². The predicted octanol–water partition coefficient (Wildman–Crippen LogP) is 8.96. The Bertz CT molecular complexity index is 2070. The third-order valence-corrected chi connectivity index (χ3v) is 16.2. The molecule has 3 saturated heterocycles. The average molecular weight is 1200 g/mol. The van der Waals surface area contributed by atoms with E-state index in [4.69, 9.17) is 97.3 Å². The molecule has 0 spiro atoms. The van der Waals surface area contributed by atoms with Gasteiger partial charge in [0, 0.05) is 30.8 Å². The van der Waals surface area contributed by atoms with Gasteiger partial charge in [0.2, 0.25) is 13.5 Å². The van der Waals surface area contributed by atoms with Gasteiger partial charge in [0.05, 0.1) is 23.8 Å². The molecule has 3 aliphatic heterocycles. The number of hydrogen-bond donors (Lipinski definition) is 2. The Morgan fingerprint density at radius 2 is 1.08 bits per heavy atom. The highest BCUT2D eigenvalue weighted by molar-refractivity contribution is 7.85. The summed E-state index contributed by atoms with van der Waals surface area (Å²) in [6, 6.07) is -2.02. The summed E-state index contributed by atoms with van der Waals surface area (Å²) in [6.45, 7) is 21.7. The number of aliphatic carboxylic acids is 2. The van der Waals surface area contributed by atoms with Crippen molar-refractivity contribution in [3.8, 4) is 0 Å². The minimum atomic E-state index is -4.51. The van der Waals surface area contributed by atoms with Gasteiger partial charge < -0.3 is 24.4 Å². The normalized spacial score (nSPS) is 24.3. The maximum atomic E-state index is 12.8. The van der Waals surface area contributed by atoms with Crippen molar-refractivity contribution in [2.45, 2.75) is 166 Å². The molecule has 0 aromatic heterocycles. The maximum Gasteiger partial charge on any atom is 0.365 e. The quantitative estimate of drug-likeness (QED) is 0.0194. The lowest BCUT2D eigenvalue weighted by Crippen LogP contribution is -2.46. The van der Waals surface area contributed by atoms with E-state index in [0.29, 0.717) is 36.5 Å². The number of carboxylic acids is 2. The highest BCUT2D eigenvalue weighted by Gasteiger charge is 2.58. The monoisotopic (exact) mass is 1200 g/mol. The fraction of sp³-hybridized carbons (Fsp3) is 0.826. The summed E-state index contributed by atoms with van der Waals surface area (Å²) in [6.07, 6.45) is 4.41. The summed E-state index contributed by atoms with van der Waals surface area (Å²) in [5.74, 6) is -4.65. The number of amides is 1. The summed E-state index contributed by atoms with van der Waals surface area (Å²) in [5.41, 5.74) is 0. The lowest BCUT2D eigenvalue weighted by molar-refractivity contribution is -0.147. The van der Waals surface area contributed by atoms with E-state index in [1.165, 1.54) is 0 Å². The second-order valence-electron chi connectivity index (χ2n) is 20.3. The molecule has 0 radical (unpaired) electrons. The Labute approximate surface area is 461 Å². The zero-order chi connectivity index (χ0) is 56.7. The number of allylic oxidation sites excluding steroid dienone is 1. The number of rotatable bonds is 27. The summed E-state index contributed by atoms with van der Waals surface area (Å²) >= 11 is 33.4. The summed E-state index contributed by atoms with van der Waals surface area (Å²) in [7, 11) is -8.77. The standard InChI is InChI=1S/C16H26Cl3NO7S.C16H24Cl3NO6S.C14H24O4/c1-9(2)11(15(22)23)5-12-13(6-14(10(3)4)26-8-21)20(12)28(24,25)27-7-16(17,18)19;1-8(2)10-5-12(13-6-11(9(3)4)15(22)26-13)20(14(10)21)27(23,24)25-7-16(17,18)19;1-10(2)12(14(16)17)7-5-6-8-13(11(3)4)18-9-15/h8-14H,5-7H2,1-4H3,(H,22,23);8-13H,5-7H2,1-4H3;5-6,9-13H,7-8H2,1-4H3,(H,16,17)/b;;6-5-/t11-,12?,13-,14-,20?;10-,11-,12?,13-;12-,13-/m000/s1. The van der Waals surface area contributed by atoms with Crippen molar-refractivity contribution in [3.63, 3.8) is 0 Å². The molecule has 0 aromatic rings. The summed E-state index contributed by atoms with van der Waals surface area (Å²) < 4.78 is 73.4. The Morgan fingerprint density at radius 1 is 0.644 bits per heavy atom. The number of carboxylic acid groups (broad SMARTS) is 2. The molecule has 424 valence electrons. The molecule has 3 aliphatic rings. The highest BCUT2D eigenvalue weighted by atomic mass is 35.6. The van der Waals surface area contributed by atoms with Crippen LogP contribution in [0, 0.1) is 59.2 Å². The molecule has 3 fully saturated rings. The van der Waals surface area contributed by atoms with Gasteiger partial charge in [0.1, 0.15) is 31.5 Å². The number of alkyl halides is 6. The third kappa shape index (κ3) is 22.9. The first-order valence-electron chi connectivity index (χ1n) is 23.9. The molecule has 0 aliphatic carbocycles. The number of hydrogen-bond acceptors (Lipinski definition) is 15. The van der Waals surface area contributed by atoms with Gasteiger partial charge >= 0.3 is 38.5 Å². The van der Waals surface area contributed by atoms with Crippen molar-refractivity contribution < 1.29 is 78.4 Å². The van der Waals surface area contributed by atoms with Crippen LogP contribution in [0.3, 0.4) is 0 Å². The Balaban J connectivity index is 0.000000562. The van der Waals surface area contributed by atoms with Crippen LogP contribution in [0.2, 0.25) is 0 Å². The van der Waals surface area contributed by atoms with Crippen LogP contribution in [0.4, 0.5) is 0 Å². The number of halogens is 6. The molecular weight excluding hydrogens is 1130 g/mol. The Kier molecular flexibility index (Phi) is 28.7. The molecule has 3 unspecified atom stereocenters. The first kappa shape index (κ1) is 69.1. The number of cyclic esters (lactones) is 1. The predicted molar refractivity (Wildman–Crippen MR) is 277 cm³/mol. The van der Waals surface area contributed by atoms with Crippen LogP contribution >= 0.6 is 69.6 Å². The van der Waals surface area contributed by atoms with Crippen LogP contribution in [0.15, 0.2) is 12.2 Å². The molecule has 27 heteroatoms. The van der Waals surface area contributed by atoms with Gasteiger partial charge in [-0.25, -0.2) is 8.49 Å². The van der Waals surface area contributed by atoms with Crippen molar-refractivity contribution in [2.24, 2.45) is 59.2 Å². The molecule has 0 saturated carbocycles. The zero-order valence-electron chi connectivity index (χ0n) is 43.2. The smallest absolute Gasteiger partial charge is 0.365 e. The Hall–Kier alpha value is -1.92. The van der Waals surface area contributed by atoms with E-state index in [9.17, 15) is 50.7 Å². The van der Waals surface area contributed by atoms with Crippen LogP contribution < -0.4 is 0 Å². The number of nitrogens with zero attached hydrogens (tertiary/aromatic N) is 2. The van der Waals surface area contributed by atoms with Crippen molar-refractivity contribution in [1.29, 1.82) is 0 Å². The zero-order valence-corrected chi connectivity index (χ0v) is 49.4. The van der Waals surface area contributed by atoms with Crippen molar-refractivity contribution in [3.05, 3.63) is 12.2 Å². The third-order valence-electron chi connectivity index (χ3n) is 12.8. The first-order valence-corrected chi connectivity index (χ1v) is 28.9. The van der Waals surface area contributed by atoms with E-state index < -0.39 is 101 Å². The van der Waals surface area contributed by atoms with Gasteiger partial charge in [-0.15, -0.1) is 0 Å². The van der Waals surface area contributed by atoms with Crippen molar-refractivity contribution in [2.75, 3.05) is 13.2 Å². The van der Waals surface area contributed by atoms with Gasteiger partial charge in [-0.2, -0.15) is 21.1 Å². The van der Waals surface area contributed by atoms with Crippen LogP contribution in [0.1, 0.15) is 122 Å². The second kappa shape index (κ2) is 30.3. The average Bonchev–Trinajstić information content (AvgIpc) is 3.59. The minimum Gasteiger partial charge on any atom is -0.481 e. The SMILES string of the molecule is CC(C)[C@@H]1C[C@@H](C2C[C@@H](C(C)C)C(=O)N2S(=O)(=O)OCC(Cl)(Cl)Cl)OC1=O.CC(C)[C@H](C/C=C\C[C@H](C(=O)O)C(C)C)OC=O.CC(C)[C@H](C[C@H]1C(C[C@H](C(=O)O)C(C)C)N1S(=O)(=O)OCC(Cl)(Cl)Cl)OC=O. The summed E-state index contributed by atoms with van der Waals surface area (Å²) in [4.78, 5) is 68.5. The first-order chi connectivity index (χ1) is 33.3. The van der Waals surface area contributed by atoms with Crippen LogP contribution in [-0.2, 0) is 72.0 Å². The van der Waals surface area contributed by atoms with Gasteiger partial charge in [0.15, 0.2) is 0 Å². The van der Waals surface area contributed by atoms with E-state index in [1.807, 2.05) is 81.4 Å². The fourth-order valence-electron chi connectivity index (χ4n) is 8.29. The van der Waals surface area contributed by atoms with E-state index in [0.717, 1.165) is 4.31 Å². The molecular formula is C46H74Cl6N2O17S2. The highest BCUT2D eigenvalue weighted by Crippen LogP contribution is 2.44. The lowest BCUT2D eigenvalue weighted by atomic mass is 9.88. The Morgan fingerprint density at radius 3 is 1.48 bits per heavy atom. The fourth-order valence-corrected chi connectivity index (χ4v) is 11.9. The van der Waals surface area contributed by atoms with Crippen molar-refractivity contribution >= 4 is 127 Å². The van der Waals surface area contributed by atoms with Crippen molar-refractivity contribution in [1.82, 2.24) is 8.61 Å². The van der Waals surface area contributed by atoms with E-state index >= 15 is 0 Å². The van der Waals surface area contributed by atoms with Gasteiger partial charge in [-0.1, -0.05) is 165 Å².